The van der Waals surface area contributed by atoms with E-state index in [4.69, 9.17) is 27.9 Å². The molecule has 0 atom stereocenters. The van der Waals surface area contributed by atoms with Crippen LogP contribution in [0.5, 0.6) is 11.5 Å². The Hall–Kier alpha value is -2.01. The Morgan fingerprint density at radius 1 is 1.12 bits per heavy atom. The van der Waals surface area contributed by atoms with Crippen LogP contribution in [0.1, 0.15) is 15.2 Å². The number of hydrogen-bond acceptors (Lipinski definition) is 4. The maximum absolute atomic E-state index is 12.5. The molecule has 0 unspecified atom stereocenters. The van der Waals surface area contributed by atoms with Gasteiger partial charge >= 0.3 is 0 Å². The second-order valence-electron chi connectivity index (χ2n) is 5.04. The summed E-state index contributed by atoms with van der Waals surface area (Å²) >= 11 is 13.4. The van der Waals surface area contributed by atoms with Gasteiger partial charge in [-0.1, -0.05) is 29.3 Å². The van der Waals surface area contributed by atoms with E-state index in [0.29, 0.717) is 37.4 Å². The van der Waals surface area contributed by atoms with Gasteiger partial charge in [0.25, 0.3) is 0 Å². The van der Waals surface area contributed by atoms with Gasteiger partial charge in [0.2, 0.25) is 5.78 Å². The van der Waals surface area contributed by atoms with Crippen molar-refractivity contribution in [2.45, 2.75) is 0 Å². The number of ketones is 1. The summed E-state index contributed by atoms with van der Waals surface area (Å²) in [6.07, 6.45) is 0. The minimum atomic E-state index is -0.172. The van der Waals surface area contributed by atoms with Crippen molar-refractivity contribution >= 4 is 40.3 Å². The lowest BCUT2D eigenvalue weighted by molar-refractivity contribution is 0.104. The number of methoxy groups -OCH3 is 1. The van der Waals surface area contributed by atoms with E-state index in [9.17, 15) is 9.90 Å². The predicted octanol–water partition coefficient (Wildman–Crippen LogP) is 5.67. The zero-order chi connectivity index (χ0) is 17.3. The monoisotopic (exact) mass is 378 g/mol. The van der Waals surface area contributed by atoms with Crippen LogP contribution >= 0.6 is 34.5 Å². The summed E-state index contributed by atoms with van der Waals surface area (Å²) in [5, 5.41) is 13.2. The normalized spacial score (nSPS) is 10.6. The number of ether oxygens (including phenoxy) is 1. The van der Waals surface area contributed by atoms with E-state index in [0.717, 1.165) is 0 Å². The Morgan fingerprint density at radius 3 is 2.42 bits per heavy atom. The van der Waals surface area contributed by atoms with Crippen molar-refractivity contribution in [3.8, 4) is 22.6 Å². The molecule has 1 aromatic heterocycles. The van der Waals surface area contributed by atoms with Gasteiger partial charge in [0.1, 0.15) is 11.5 Å². The van der Waals surface area contributed by atoms with E-state index < -0.39 is 0 Å². The standard InChI is InChI=1S/C18H12Cl2O3S/c1-23-15-8-11(18(22)16-3-2-4-24-16)7-14(21)17(15)10-5-12(19)9-13(20)6-10/h2-9,21H,1H3. The molecule has 3 rings (SSSR count). The highest BCUT2D eigenvalue weighted by Gasteiger charge is 2.19. The van der Waals surface area contributed by atoms with E-state index in [1.165, 1.54) is 24.5 Å². The highest BCUT2D eigenvalue weighted by Crippen LogP contribution is 2.41. The SMILES string of the molecule is COc1cc(C(=O)c2cccs2)cc(O)c1-c1cc(Cl)cc(Cl)c1. The minimum Gasteiger partial charge on any atom is -0.507 e. The Morgan fingerprint density at radius 2 is 1.83 bits per heavy atom. The molecule has 0 spiro atoms. The number of rotatable bonds is 4. The molecular formula is C18H12Cl2O3S. The van der Waals surface area contributed by atoms with Crippen molar-refractivity contribution in [1.29, 1.82) is 0 Å². The third-order valence-electron chi connectivity index (χ3n) is 3.46. The van der Waals surface area contributed by atoms with Crippen molar-refractivity contribution in [1.82, 2.24) is 0 Å². The molecule has 3 nitrogen and oxygen atoms in total. The van der Waals surface area contributed by atoms with Gasteiger partial charge in [-0.2, -0.15) is 0 Å². The van der Waals surface area contributed by atoms with Crippen molar-refractivity contribution in [2.75, 3.05) is 7.11 Å². The molecule has 24 heavy (non-hydrogen) atoms. The first kappa shape index (κ1) is 16.8. The third-order valence-corrected chi connectivity index (χ3v) is 4.76. The van der Waals surface area contributed by atoms with Crippen LogP contribution in [-0.2, 0) is 0 Å². The fourth-order valence-corrected chi connectivity index (χ4v) is 3.64. The largest absolute Gasteiger partial charge is 0.507 e. The van der Waals surface area contributed by atoms with E-state index >= 15 is 0 Å². The molecule has 3 aromatic rings. The molecule has 2 aromatic carbocycles. The second kappa shape index (κ2) is 6.85. The molecule has 0 saturated heterocycles. The van der Waals surface area contributed by atoms with Gasteiger partial charge in [0, 0.05) is 15.6 Å². The molecular weight excluding hydrogens is 367 g/mol. The number of benzene rings is 2. The molecule has 6 heteroatoms. The van der Waals surface area contributed by atoms with Crippen LogP contribution in [0.25, 0.3) is 11.1 Å². The highest BCUT2D eigenvalue weighted by atomic mass is 35.5. The van der Waals surface area contributed by atoms with E-state index in [-0.39, 0.29) is 11.5 Å². The first-order valence-corrected chi connectivity index (χ1v) is 8.59. The molecule has 1 heterocycles. The Bertz CT molecular complexity index is 885. The predicted molar refractivity (Wildman–Crippen MR) is 97.9 cm³/mol. The number of carbonyl (C=O) groups is 1. The Kier molecular flexibility index (Phi) is 4.81. The summed E-state index contributed by atoms with van der Waals surface area (Å²) < 4.78 is 5.37. The smallest absolute Gasteiger partial charge is 0.203 e. The van der Waals surface area contributed by atoms with Crippen LogP contribution < -0.4 is 4.74 Å². The summed E-state index contributed by atoms with van der Waals surface area (Å²) in [6, 6.07) is 11.5. The average Bonchev–Trinajstić information content (AvgIpc) is 3.06. The molecule has 0 saturated carbocycles. The van der Waals surface area contributed by atoms with Gasteiger partial charge in [-0.15, -0.1) is 11.3 Å². The van der Waals surface area contributed by atoms with Crippen molar-refractivity contribution in [3.63, 3.8) is 0 Å². The zero-order valence-corrected chi connectivity index (χ0v) is 14.9. The van der Waals surface area contributed by atoms with E-state index in [2.05, 4.69) is 0 Å². The fourth-order valence-electron chi connectivity index (χ4n) is 2.43. The number of thiophene rings is 1. The lowest BCUT2D eigenvalue weighted by Gasteiger charge is -2.13. The summed E-state index contributed by atoms with van der Waals surface area (Å²) in [6.45, 7) is 0. The Labute approximate surface area is 153 Å². The molecule has 0 aliphatic heterocycles. The number of phenols is 1. The first-order valence-electron chi connectivity index (χ1n) is 6.95. The molecule has 0 radical (unpaired) electrons. The molecule has 0 bridgehead atoms. The number of hydrogen-bond donors (Lipinski definition) is 1. The maximum atomic E-state index is 12.5. The van der Waals surface area contributed by atoms with Crippen LogP contribution in [-0.4, -0.2) is 18.0 Å². The quantitative estimate of drug-likeness (QED) is 0.595. The third kappa shape index (κ3) is 3.26. The van der Waals surface area contributed by atoms with E-state index in [1.54, 1.807) is 36.4 Å². The van der Waals surface area contributed by atoms with Crippen molar-refractivity contribution in [3.05, 3.63) is 68.3 Å². The second-order valence-corrected chi connectivity index (χ2v) is 6.86. The molecule has 0 fully saturated rings. The molecule has 1 N–H and O–H groups in total. The fraction of sp³-hybridized carbons (Fsp3) is 0.0556. The topological polar surface area (TPSA) is 46.5 Å². The first-order chi connectivity index (χ1) is 11.5. The Balaban J connectivity index is 2.13. The van der Waals surface area contributed by atoms with E-state index in [1.807, 2.05) is 5.38 Å². The number of halogens is 2. The van der Waals surface area contributed by atoms with Gasteiger partial charge in [-0.3, -0.25) is 4.79 Å². The van der Waals surface area contributed by atoms with Gasteiger partial charge in [0.15, 0.2) is 0 Å². The highest BCUT2D eigenvalue weighted by molar-refractivity contribution is 7.12. The summed E-state index contributed by atoms with van der Waals surface area (Å²) in [4.78, 5) is 13.1. The van der Waals surface area contributed by atoms with Crippen molar-refractivity contribution in [2.24, 2.45) is 0 Å². The number of carbonyl (C=O) groups excluding carboxylic acids is 1. The van der Waals surface area contributed by atoms with Crippen LogP contribution in [0.3, 0.4) is 0 Å². The minimum absolute atomic E-state index is 0.0763. The zero-order valence-electron chi connectivity index (χ0n) is 12.5. The van der Waals surface area contributed by atoms with Crippen molar-refractivity contribution < 1.29 is 14.6 Å². The number of phenolic OH excluding ortho intramolecular Hbond substituents is 1. The van der Waals surface area contributed by atoms with Gasteiger partial charge in [-0.05, 0) is 47.3 Å². The summed E-state index contributed by atoms with van der Waals surface area (Å²) in [5.41, 5.74) is 1.39. The summed E-state index contributed by atoms with van der Waals surface area (Å²) in [5.74, 6) is 0.120. The molecule has 0 aliphatic rings. The van der Waals surface area contributed by atoms with Crippen LogP contribution in [0.15, 0.2) is 47.8 Å². The van der Waals surface area contributed by atoms with Crippen LogP contribution in [0, 0.1) is 0 Å². The van der Waals surface area contributed by atoms with Gasteiger partial charge < -0.3 is 9.84 Å². The number of aromatic hydroxyl groups is 1. The molecule has 122 valence electrons. The maximum Gasteiger partial charge on any atom is 0.203 e. The van der Waals surface area contributed by atoms with Crippen LogP contribution in [0.2, 0.25) is 10.0 Å². The lowest BCUT2D eigenvalue weighted by Crippen LogP contribution is -2.00. The average molecular weight is 379 g/mol. The summed E-state index contributed by atoms with van der Waals surface area (Å²) in [7, 11) is 1.48. The van der Waals surface area contributed by atoms with Crippen LogP contribution in [0.4, 0.5) is 0 Å². The lowest BCUT2D eigenvalue weighted by atomic mass is 9.99. The van der Waals surface area contributed by atoms with Gasteiger partial charge in [0.05, 0.1) is 17.6 Å². The van der Waals surface area contributed by atoms with Gasteiger partial charge in [-0.25, -0.2) is 0 Å². The molecule has 0 amide bonds. The molecule has 0 aliphatic carbocycles.